The molecule has 0 atom stereocenters. The van der Waals surface area contributed by atoms with Gasteiger partial charge in [0.15, 0.2) is 0 Å². The molecular weight excluding hydrogens is 340 g/mol. The Kier molecular flexibility index (Phi) is 5.15. The SMILES string of the molecule is N#Cc1c(N)nc(NCCc2ccccn2)c(C#N)c1-c1cccc(O)c1. The van der Waals surface area contributed by atoms with Gasteiger partial charge in [-0.3, -0.25) is 4.98 Å². The van der Waals surface area contributed by atoms with Crippen LogP contribution in [0.15, 0.2) is 48.7 Å². The van der Waals surface area contributed by atoms with Crippen LogP contribution in [0.3, 0.4) is 0 Å². The van der Waals surface area contributed by atoms with Crippen LogP contribution >= 0.6 is 0 Å². The molecule has 0 bridgehead atoms. The van der Waals surface area contributed by atoms with E-state index in [1.807, 2.05) is 24.3 Å². The number of nitrogens with one attached hydrogen (secondary N) is 1. The van der Waals surface area contributed by atoms with Gasteiger partial charge in [0.05, 0.1) is 0 Å². The molecule has 2 aromatic heterocycles. The monoisotopic (exact) mass is 356 g/mol. The minimum atomic E-state index is 0.0233. The first-order valence-electron chi connectivity index (χ1n) is 8.21. The Balaban J connectivity index is 2.00. The van der Waals surface area contributed by atoms with Crippen molar-refractivity contribution in [3.05, 3.63) is 65.5 Å². The molecule has 0 aliphatic heterocycles. The Morgan fingerprint density at radius 3 is 2.56 bits per heavy atom. The molecule has 0 saturated carbocycles. The number of phenols is 1. The topological polar surface area (TPSA) is 132 Å². The fourth-order valence-corrected chi connectivity index (χ4v) is 2.76. The molecule has 2 heterocycles. The summed E-state index contributed by atoms with van der Waals surface area (Å²) in [5.41, 5.74) is 8.03. The Bertz CT molecular complexity index is 1050. The van der Waals surface area contributed by atoms with Gasteiger partial charge in [-0.1, -0.05) is 18.2 Å². The molecule has 0 amide bonds. The zero-order chi connectivity index (χ0) is 19.2. The molecule has 0 radical (unpaired) electrons. The quantitative estimate of drug-likeness (QED) is 0.640. The summed E-state index contributed by atoms with van der Waals surface area (Å²) >= 11 is 0. The van der Waals surface area contributed by atoms with Crippen LogP contribution in [0.4, 0.5) is 11.6 Å². The summed E-state index contributed by atoms with van der Waals surface area (Å²) in [5.74, 6) is 0.346. The maximum absolute atomic E-state index is 9.77. The molecule has 7 nitrogen and oxygen atoms in total. The smallest absolute Gasteiger partial charge is 0.147 e. The highest BCUT2D eigenvalue weighted by molar-refractivity contribution is 5.85. The average Bonchev–Trinajstić information content (AvgIpc) is 2.68. The molecule has 27 heavy (non-hydrogen) atoms. The maximum Gasteiger partial charge on any atom is 0.147 e. The lowest BCUT2D eigenvalue weighted by molar-refractivity contribution is 0.475. The zero-order valence-corrected chi connectivity index (χ0v) is 14.3. The third kappa shape index (κ3) is 3.78. The number of pyridine rings is 2. The second-order valence-electron chi connectivity index (χ2n) is 5.74. The van der Waals surface area contributed by atoms with Gasteiger partial charge < -0.3 is 16.2 Å². The molecule has 0 aliphatic rings. The number of nitrogens with zero attached hydrogens (tertiary/aromatic N) is 4. The summed E-state index contributed by atoms with van der Waals surface area (Å²) < 4.78 is 0. The number of anilines is 2. The van der Waals surface area contributed by atoms with Gasteiger partial charge in [-0.15, -0.1) is 0 Å². The van der Waals surface area contributed by atoms with Crippen LogP contribution in [0.25, 0.3) is 11.1 Å². The minimum absolute atomic E-state index is 0.0233. The van der Waals surface area contributed by atoms with Gasteiger partial charge in [-0.05, 0) is 29.8 Å². The van der Waals surface area contributed by atoms with Crippen molar-refractivity contribution in [2.75, 3.05) is 17.6 Å². The second-order valence-corrected chi connectivity index (χ2v) is 5.74. The molecule has 3 rings (SSSR count). The van der Waals surface area contributed by atoms with E-state index in [0.29, 0.717) is 29.9 Å². The highest BCUT2D eigenvalue weighted by Gasteiger charge is 2.20. The largest absolute Gasteiger partial charge is 0.508 e. The van der Waals surface area contributed by atoms with Crippen LogP contribution in [0, 0.1) is 22.7 Å². The lowest BCUT2D eigenvalue weighted by Crippen LogP contribution is -2.12. The molecule has 0 saturated heterocycles. The van der Waals surface area contributed by atoms with Crippen LogP contribution in [0.1, 0.15) is 16.8 Å². The van der Waals surface area contributed by atoms with Gasteiger partial charge in [0, 0.05) is 30.4 Å². The van der Waals surface area contributed by atoms with Crippen molar-refractivity contribution in [1.29, 1.82) is 10.5 Å². The maximum atomic E-state index is 9.77. The van der Waals surface area contributed by atoms with E-state index < -0.39 is 0 Å². The molecule has 0 fully saturated rings. The predicted molar refractivity (Wildman–Crippen MR) is 102 cm³/mol. The fourth-order valence-electron chi connectivity index (χ4n) is 2.76. The summed E-state index contributed by atoms with van der Waals surface area (Å²) in [6, 6.07) is 16.1. The lowest BCUT2D eigenvalue weighted by Gasteiger charge is -2.14. The van der Waals surface area contributed by atoms with Crippen molar-refractivity contribution in [1.82, 2.24) is 9.97 Å². The highest BCUT2D eigenvalue weighted by atomic mass is 16.3. The number of aromatic hydroxyl groups is 1. The van der Waals surface area contributed by atoms with Crippen LogP contribution in [-0.4, -0.2) is 21.6 Å². The van der Waals surface area contributed by atoms with Gasteiger partial charge in [0.1, 0.15) is 40.7 Å². The second kappa shape index (κ2) is 7.85. The Hall–Kier alpha value is -4.10. The number of nitriles is 2. The molecular formula is C20H16N6O. The molecule has 0 aliphatic carbocycles. The van der Waals surface area contributed by atoms with Gasteiger partial charge in [-0.25, -0.2) is 4.98 Å². The van der Waals surface area contributed by atoms with Gasteiger partial charge in [-0.2, -0.15) is 10.5 Å². The molecule has 1 aromatic carbocycles. The molecule has 7 heteroatoms. The first-order chi connectivity index (χ1) is 13.1. The molecule has 4 N–H and O–H groups in total. The number of rotatable bonds is 5. The van der Waals surface area contributed by atoms with E-state index in [2.05, 4.69) is 21.4 Å². The van der Waals surface area contributed by atoms with Crippen molar-refractivity contribution >= 4 is 11.6 Å². The van der Waals surface area contributed by atoms with Crippen molar-refractivity contribution in [3.8, 4) is 29.0 Å². The molecule has 132 valence electrons. The number of nitrogens with two attached hydrogens (primary N) is 1. The average molecular weight is 356 g/mol. The van der Waals surface area contributed by atoms with Crippen LogP contribution in [-0.2, 0) is 6.42 Å². The van der Waals surface area contributed by atoms with E-state index in [4.69, 9.17) is 5.73 Å². The van der Waals surface area contributed by atoms with Crippen molar-refractivity contribution in [2.45, 2.75) is 6.42 Å². The number of nitrogen functional groups attached to an aromatic ring is 1. The molecule has 0 unspecified atom stereocenters. The third-order valence-corrected chi connectivity index (χ3v) is 3.98. The Labute approximate surface area is 156 Å². The number of phenolic OH excluding ortho intramolecular Hbond substituents is 1. The van der Waals surface area contributed by atoms with Gasteiger partial charge >= 0.3 is 0 Å². The van der Waals surface area contributed by atoms with E-state index in [0.717, 1.165) is 5.69 Å². The normalized spacial score (nSPS) is 10.0. The number of hydrogen-bond donors (Lipinski definition) is 3. The van der Waals surface area contributed by atoms with E-state index in [-0.39, 0.29) is 22.7 Å². The number of hydrogen-bond acceptors (Lipinski definition) is 7. The van der Waals surface area contributed by atoms with E-state index in [1.165, 1.54) is 12.1 Å². The van der Waals surface area contributed by atoms with Crippen LogP contribution < -0.4 is 11.1 Å². The lowest BCUT2D eigenvalue weighted by atomic mass is 9.96. The molecule has 3 aromatic rings. The summed E-state index contributed by atoms with van der Waals surface area (Å²) in [7, 11) is 0. The summed E-state index contributed by atoms with van der Waals surface area (Å²) in [6.45, 7) is 0.490. The summed E-state index contributed by atoms with van der Waals surface area (Å²) in [5, 5.41) is 32.1. The third-order valence-electron chi connectivity index (χ3n) is 3.98. The van der Waals surface area contributed by atoms with Gasteiger partial charge in [0.25, 0.3) is 0 Å². The minimum Gasteiger partial charge on any atom is -0.508 e. The van der Waals surface area contributed by atoms with E-state index in [9.17, 15) is 15.6 Å². The number of benzene rings is 1. The fraction of sp³-hybridized carbons (Fsp3) is 0.100. The van der Waals surface area contributed by atoms with Crippen molar-refractivity contribution < 1.29 is 5.11 Å². The Morgan fingerprint density at radius 1 is 1.07 bits per heavy atom. The predicted octanol–water partition coefficient (Wildman–Crippen LogP) is 2.83. The highest BCUT2D eigenvalue weighted by Crippen LogP contribution is 2.35. The van der Waals surface area contributed by atoms with E-state index in [1.54, 1.807) is 18.3 Å². The summed E-state index contributed by atoms with van der Waals surface area (Å²) in [6.07, 6.45) is 2.35. The van der Waals surface area contributed by atoms with Gasteiger partial charge in [0.2, 0.25) is 0 Å². The summed E-state index contributed by atoms with van der Waals surface area (Å²) in [4.78, 5) is 8.44. The first-order valence-corrected chi connectivity index (χ1v) is 8.21. The van der Waals surface area contributed by atoms with E-state index >= 15 is 0 Å². The number of aromatic nitrogens is 2. The molecule has 0 spiro atoms. The standard InChI is InChI=1S/C20H16N6O/c21-11-16-18(13-4-3-6-15(27)10-13)17(12-22)20(26-19(16)23)25-9-7-14-5-1-2-8-24-14/h1-6,8,10,27H,7,9H2,(H3,23,25,26). The first kappa shape index (κ1) is 17.7. The van der Waals surface area contributed by atoms with Crippen molar-refractivity contribution in [3.63, 3.8) is 0 Å². The van der Waals surface area contributed by atoms with Crippen molar-refractivity contribution in [2.24, 2.45) is 0 Å². The Morgan fingerprint density at radius 2 is 1.89 bits per heavy atom. The van der Waals surface area contributed by atoms with Crippen LogP contribution in [0.2, 0.25) is 0 Å². The zero-order valence-electron chi connectivity index (χ0n) is 14.3. The van der Waals surface area contributed by atoms with Crippen LogP contribution in [0.5, 0.6) is 5.75 Å².